The molecule has 30 heavy (non-hydrogen) atoms. The van der Waals surface area contributed by atoms with Gasteiger partial charge >= 0.3 is 0 Å². The fourth-order valence-electron chi connectivity index (χ4n) is 3.50. The van der Waals surface area contributed by atoms with Gasteiger partial charge in [-0.3, -0.25) is 9.59 Å². The number of carbonyl (C=O) groups is 2. The quantitative estimate of drug-likeness (QED) is 0.725. The first-order valence-corrected chi connectivity index (χ1v) is 9.53. The second-order valence-electron chi connectivity index (χ2n) is 7.05. The number of halogens is 1. The van der Waals surface area contributed by atoms with Crippen LogP contribution in [0.15, 0.2) is 66.7 Å². The van der Waals surface area contributed by atoms with Gasteiger partial charge in [0.1, 0.15) is 5.82 Å². The van der Waals surface area contributed by atoms with Crippen molar-refractivity contribution in [3.05, 3.63) is 100 Å². The molecule has 1 heterocycles. The van der Waals surface area contributed by atoms with Gasteiger partial charge in [0, 0.05) is 29.9 Å². The lowest BCUT2D eigenvalue weighted by atomic mass is 10.1. The van der Waals surface area contributed by atoms with Crippen LogP contribution >= 0.6 is 0 Å². The normalized spacial score (nSPS) is 12.2. The number of anilines is 1. The lowest BCUT2D eigenvalue weighted by molar-refractivity contribution is 0.0949. The number of nitrogens with one attached hydrogen (secondary N) is 1. The molecule has 0 radical (unpaired) electrons. The highest BCUT2D eigenvalue weighted by Gasteiger charge is 2.25. The fourth-order valence-corrected chi connectivity index (χ4v) is 3.50. The predicted molar refractivity (Wildman–Crippen MR) is 111 cm³/mol. The first-order valence-electron chi connectivity index (χ1n) is 9.53. The van der Waals surface area contributed by atoms with Crippen LogP contribution in [0.3, 0.4) is 0 Å². The van der Waals surface area contributed by atoms with Crippen LogP contribution in [-0.2, 0) is 13.0 Å². The summed E-state index contributed by atoms with van der Waals surface area (Å²) in [7, 11) is 0. The monoisotopic (exact) mass is 399 g/mol. The van der Waals surface area contributed by atoms with Gasteiger partial charge in [0.25, 0.3) is 11.8 Å². The summed E-state index contributed by atoms with van der Waals surface area (Å²) in [5, 5.41) is 11.7. The van der Waals surface area contributed by atoms with Crippen LogP contribution in [0.5, 0.6) is 0 Å². The number of nitrogens with zero attached hydrogens (tertiary/aromatic N) is 2. The van der Waals surface area contributed by atoms with E-state index in [4.69, 9.17) is 5.26 Å². The largest absolute Gasteiger partial charge is 0.348 e. The number of rotatable bonds is 4. The maximum Gasteiger partial charge on any atom is 0.258 e. The molecule has 1 N–H and O–H groups in total. The molecular formula is C24H18FN3O2. The molecule has 0 aromatic heterocycles. The van der Waals surface area contributed by atoms with E-state index in [9.17, 15) is 14.0 Å². The van der Waals surface area contributed by atoms with Crippen LogP contribution in [0.2, 0.25) is 0 Å². The smallest absolute Gasteiger partial charge is 0.258 e. The van der Waals surface area contributed by atoms with E-state index in [1.165, 1.54) is 24.3 Å². The highest BCUT2D eigenvalue weighted by Crippen LogP contribution is 2.30. The highest BCUT2D eigenvalue weighted by atomic mass is 19.1. The number of hydrogen-bond donors (Lipinski definition) is 1. The number of fused-ring (bicyclic) bond motifs is 1. The lowest BCUT2D eigenvalue weighted by Crippen LogP contribution is -2.28. The summed E-state index contributed by atoms with van der Waals surface area (Å²) in [4.78, 5) is 26.7. The summed E-state index contributed by atoms with van der Waals surface area (Å²) >= 11 is 0. The average molecular weight is 399 g/mol. The van der Waals surface area contributed by atoms with Gasteiger partial charge in [-0.15, -0.1) is 0 Å². The van der Waals surface area contributed by atoms with Crippen LogP contribution in [0.1, 0.15) is 37.4 Å². The fraction of sp³-hybridized carbons (Fsp3) is 0.125. The Morgan fingerprint density at radius 3 is 2.40 bits per heavy atom. The third-order valence-electron chi connectivity index (χ3n) is 5.11. The van der Waals surface area contributed by atoms with Gasteiger partial charge in [-0.1, -0.05) is 12.1 Å². The van der Waals surface area contributed by atoms with Crippen molar-refractivity contribution in [1.29, 1.82) is 5.26 Å². The maximum absolute atomic E-state index is 13.1. The van der Waals surface area contributed by atoms with Crippen LogP contribution in [0.25, 0.3) is 0 Å². The lowest BCUT2D eigenvalue weighted by Gasteiger charge is -2.18. The third-order valence-corrected chi connectivity index (χ3v) is 5.11. The van der Waals surface area contributed by atoms with Crippen LogP contribution < -0.4 is 10.2 Å². The van der Waals surface area contributed by atoms with Gasteiger partial charge in [-0.25, -0.2) is 4.39 Å². The van der Waals surface area contributed by atoms with Gasteiger partial charge < -0.3 is 10.2 Å². The number of carbonyl (C=O) groups excluding carboxylic acids is 2. The van der Waals surface area contributed by atoms with Crippen molar-refractivity contribution in [2.24, 2.45) is 0 Å². The number of nitriles is 1. The molecule has 5 nitrogen and oxygen atoms in total. The van der Waals surface area contributed by atoms with E-state index in [0.717, 1.165) is 23.2 Å². The summed E-state index contributed by atoms with van der Waals surface area (Å²) in [6.07, 6.45) is 0.722. The van der Waals surface area contributed by atoms with Crippen molar-refractivity contribution in [2.45, 2.75) is 13.0 Å². The number of amides is 2. The molecule has 1 aliphatic rings. The van der Waals surface area contributed by atoms with Crippen molar-refractivity contribution in [3.8, 4) is 6.07 Å². The molecule has 0 fully saturated rings. The van der Waals surface area contributed by atoms with Gasteiger partial charge in [-0.05, 0) is 72.1 Å². The SMILES string of the molecule is N#Cc1ccc(C(=O)NCc2ccc3c(c2)CCN3C(=O)c2ccc(F)cc2)cc1. The highest BCUT2D eigenvalue weighted by molar-refractivity contribution is 6.07. The standard InChI is InChI=1S/C24H18FN3O2/c25-21-8-6-19(7-9-21)24(30)28-12-11-20-13-17(3-10-22(20)28)15-27-23(29)18-4-1-16(14-26)2-5-18/h1-10,13H,11-12,15H2,(H,27,29). The van der Waals surface area contributed by atoms with E-state index in [0.29, 0.717) is 29.8 Å². The molecule has 0 bridgehead atoms. The van der Waals surface area contributed by atoms with Crippen LogP contribution in [-0.4, -0.2) is 18.4 Å². The molecule has 0 spiro atoms. The molecule has 0 aliphatic carbocycles. The summed E-state index contributed by atoms with van der Waals surface area (Å²) in [5.41, 5.74) is 4.26. The molecule has 1 aliphatic heterocycles. The molecular weight excluding hydrogens is 381 g/mol. The van der Waals surface area contributed by atoms with Crippen molar-refractivity contribution >= 4 is 17.5 Å². The molecule has 3 aromatic carbocycles. The van der Waals surface area contributed by atoms with Gasteiger partial charge in [0.2, 0.25) is 0 Å². The molecule has 6 heteroatoms. The molecule has 2 amide bonds. The Balaban J connectivity index is 1.43. The minimum atomic E-state index is -0.374. The minimum absolute atomic E-state index is 0.157. The summed E-state index contributed by atoms with van der Waals surface area (Å²) < 4.78 is 13.1. The second kappa shape index (κ2) is 8.18. The van der Waals surface area contributed by atoms with Crippen LogP contribution in [0, 0.1) is 17.1 Å². The summed E-state index contributed by atoms with van der Waals surface area (Å²) in [6.45, 7) is 0.921. The van der Waals surface area contributed by atoms with Gasteiger partial charge in [-0.2, -0.15) is 5.26 Å². The molecule has 0 unspecified atom stereocenters. The Labute approximate surface area is 173 Å². The Morgan fingerprint density at radius 2 is 1.70 bits per heavy atom. The van der Waals surface area contributed by atoms with Gasteiger partial charge in [0.15, 0.2) is 0 Å². The van der Waals surface area contributed by atoms with Crippen molar-refractivity contribution < 1.29 is 14.0 Å². The molecule has 4 rings (SSSR count). The van der Waals surface area contributed by atoms with E-state index in [-0.39, 0.29) is 17.6 Å². The number of benzene rings is 3. The van der Waals surface area contributed by atoms with Gasteiger partial charge in [0.05, 0.1) is 11.6 Å². The Kier molecular flexibility index (Phi) is 5.27. The minimum Gasteiger partial charge on any atom is -0.348 e. The Bertz CT molecular complexity index is 1150. The first-order chi connectivity index (χ1) is 14.5. The number of hydrogen-bond acceptors (Lipinski definition) is 3. The van der Waals surface area contributed by atoms with E-state index in [2.05, 4.69) is 5.32 Å². The maximum atomic E-state index is 13.1. The Hall–Kier alpha value is -3.98. The van der Waals surface area contributed by atoms with Crippen molar-refractivity contribution in [1.82, 2.24) is 5.32 Å². The van der Waals surface area contributed by atoms with E-state index in [1.54, 1.807) is 29.2 Å². The van der Waals surface area contributed by atoms with E-state index >= 15 is 0 Å². The zero-order chi connectivity index (χ0) is 21.1. The van der Waals surface area contributed by atoms with Crippen molar-refractivity contribution in [3.63, 3.8) is 0 Å². The summed E-state index contributed by atoms with van der Waals surface area (Å²) in [5.74, 6) is -0.746. The summed E-state index contributed by atoms with van der Waals surface area (Å²) in [6, 6.07) is 19.8. The van der Waals surface area contributed by atoms with E-state index < -0.39 is 0 Å². The van der Waals surface area contributed by atoms with Crippen molar-refractivity contribution in [2.75, 3.05) is 11.4 Å². The predicted octanol–water partition coefficient (Wildman–Crippen LogP) is 3.83. The Morgan fingerprint density at radius 1 is 1.00 bits per heavy atom. The first kappa shape index (κ1) is 19.3. The molecule has 0 saturated carbocycles. The molecule has 0 saturated heterocycles. The third kappa shape index (κ3) is 3.91. The molecule has 0 atom stereocenters. The zero-order valence-corrected chi connectivity index (χ0v) is 16.1. The topological polar surface area (TPSA) is 73.2 Å². The van der Waals surface area contributed by atoms with Crippen LogP contribution in [0.4, 0.5) is 10.1 Å². The average Bonchev–Trinajstić information content (AvgIpc) is 3.21. The van der Waals surface area contributed by atoms with E-state index in [1.807, 2.05) is 24.3 Å². The zero-order valence-electron chi connectivity index (χ0n) is 16.1. The molecule has 148 valence electrons. The molecule has 3 aromatic rings. The second-order valence-corrected chi connectivity index (χ2v) is 7.05.